The minimum absolute atomic E-state index is 0.220. The third-order valence-corrected chi connectivity index (χ3v) is 5.79. The van der Waals surface area contributed by atoms with Crippen LogP contribution in [0.1, 0.15) is 39.9 Å². The fourth-order valence-corrected chi connectivity index (χ4v) is 4.13. The molecular weight excluding hydrogens is 382 g/mol. The van der Waals surface area contributed by atoms with Crippen LogP contribution in [0.15, 0.2) is 84.0 Å². The molecular formula is C27H23N3O. The summed E-state index contributed by atoms with van der Waals surface area (Å²) < 4.78 is 0. The number of benzene rings is 3. The molecule has 1 aliphatic rings. The molecule has 1 amide bonds. The summed E-state index contributed by atoms with van der Waals surface area (Å²) in [6, 6.07) is 26.1. The standard InChI is InChI=1S/C27H23N3O/c1-18-13-15-20(16-14-18)26-17-23(22-10-4-5-11-24(22)28-26)27(31)30-29-25-12-6-8-19-7-2-3-9-21(19)25/h2-5,7,9-11,13-17H,6,8,12H2,1H3,(H,30,31). The third-order valence-electron chi connectivity index (χ3n) is 5.79. The van der Waals surface area contributed by atoms with Gasteiger partial charge in [0.15, 0.2) is 0 Å². The molecule has 0 saturated heterocycles. The molecule has 4 aromatic rings. The number of hydrazone groups is 1. The van der Waals surface area contributed by atoms with Gasteiger partial charge < -0.3 is 0 Å². The minimum Gasteiger partial charge on any atom is -0.267 e. The zero-order chi connectivity index (χ0) is 21.2. The molecule has 1 N–H and O–H groups in total. The lowest BCUT2D eigenvalue weighted by molar-refractivity contribution is 0.0956. The summed E-state index contributed by atoms with van der Waals surface area (Å²) >= 11 is 0. The molecule has 0 bridgehead atoms. The topological polar surface area (TPSA) is 54.4 Å². The van der Waals surface area contributed by atoms with Crippen molar-refractivity contribution in [2.75, 3.05) is 0 Å². The predicted molar refractivity (Wildman–Crippen MR) is 125 cm³/mol. The molecule has 0 aliphatic heterocycles. The first-order valence-corrected chi connectivity index (χ1v) is 10.6. The van der Waals surface area contributed by atoms with Gasteiger partial charge in [-0.15, -0.1) is 0 Å². The SMILES string of the molecule is Cc1ccc(-c2cc(C(=O)NN=C3CCCc4ccccc43)c3ccccc3n2)cc1. The van der Waals surface area contributed by atoms with Gasteiger partial charge in [-0.3, -0.25) is 4.79 Å². The smallest absolute Gasteiger partial charge is 0.267 e. The van der Waals surface area contributed by atoms with E-state index in [9.17, 15) is 4.79 Å². The fraction of sp³-hybridized carbons (Fsp3) is 0.148. The summed E-state index contributed by atoms with van der Waals surface area (Å²) in [5.74, 6) is -0.220. The molecule has 1 aromatic heterocycles. The fourth-order valence-electron chi connectivity index (χ4n) is 4.13. The first-order valence-electron chi connectivity index (χ1n) is 10.6. The lowest BCUT2D eigenvalue weighted by atomic mass is 9.90. The van der Waals surface area contributed by atoms with Crippen molar-refractivity contribution in [2.24, 2.45) is 5.10 Å². The monoisotopic (exact) mass is 405 g/mol. The van der Waals surface area contributed by atoms with Crippen molar-refractivity contribution in [1.29, 1.82) is 0 Å². The van der Waals surface area contributed by atoms with Crippen LogP contribution in [0.25, 0.3) is 22.2 Å². The Bertz CT molecular complexity index is 1310. The first-order chi connectivity index (χ1) is 15.2. The number of amides is 1. The number of aromatic nitrogens is 1. The van der Waals surface area contributed by atoms with Crippen molar-refractivity contribution in [1.82, 2.24) is 10.4 Å². The molecule has 3 aromatic carbocycles. The van der Waals surface area contributed by atoms with Gasteiger partial charge in [-0.2, -0.15) is 5.10 Å². The van der Waals surface area contributed by atoms with Crippen molar-refractivity contribution in [3.8, 4) is 11.3 Å². The Kier molecular flexibility index (Phi) is 5.04. The van der Waals surface area contributed by atoms with E-state index >= 15 is 0 Å². The van der Waals surface area contributed by atoms with Crippen LogP contribution in [-0.4, -0.2) is 16.6 Å². The number of carbonyl (C=O) groups excluding carboxylic acids is 1. The maximum atomic E-state index is 13.2. The summed E-state index contributed by atoms with van der Waals surface area (Å²) in [7, 11) is 0. The van der Waals surface area contributed by atoms with Gasteiger partial charge >= 0.3 is 0 Å². The second-order valence-corrected chi connectivity index (χ2v) is 7.95. The van der Waals surface area contributed by atoms with Crippen LogP contribution in [0.3, 0.4) is 0 Å². The van der Waals surface area contributed by atoms with E-state index < -0.39 is 0 Å². The number of carbonyl (C=O) groups is 1. The summed E-state index contributed by atoms with van der Waals surface area (Å²) in [5, 5.41) is 5.34. The molecule has 4 nitrogen and oxygen atoms in total. The lowest BCUT2D eigenvalue weighted by Gasteiger charge is -2.17. The number of para-hydroxylation sites is 1. The maximum Gasteiger partial charge on any atom is 0.272 e. The number of nitrogens with one attached hydrogen (secondary N) is 1. The van der Waals surface area contributed by atoms with E-state index in [4.69, 9.17) is 4.98 Å². The van der Waals surface area contributed by atoms with Gasteiger partial charge in [0.05, 0.1) is 22.5 Å². The van der Waals surface area contributed by atoms with Gasteiger partial charge in [0, 0.05) is 16.5 Å². The van der Waals surface area contributed by atoms with Crippen LogP contribution in [0.5, 0.6) is 0 Å². The number of hydrogen-bond donors (Lipinski definition) is 1. The highest BCUT2D eigenvalue weighted by Crippen LogP contribution is 2.26. The van der Waals surface area contributed by atoms with Crippen LogP contribution in [0.4, 0.5) is 0 Å². The number of aryl methyl sites for hydroxylation is 2. The molecule has 31 heavy (non-hydrogen) atoms. The molecule has 1 heterocycles. The zero-order valence-electron chi connectivity index (χ0n) is 17.4. The number of rotatable bonds is 3. The number of nitrogens with zero attached hydrogens (tertiary/aromatic N) is 2. The molecule has 0 atom stereocenters. The Balaban J connectivity index is 1.52. The molecule has 0 saturated carbocycles. The Morgan fingerprint density at radius 3 is 2.58 bits per heavy atom. The van der Waals surface area contributed by atoms with Gasteiger partial charge in [-0.1, -0.05) is 72.3 Å². The second kappa shape index (κ2) is 8.15. The molecule has 0 spiro atoms. The summed E-state index contributed by atoms with van der Waals surface area (Å²) in [4.78, 5) is 18.0. The number of fused-ring (bicyclic) bond motifs is 2. The highest BCUT2D eigenvalue weighted by Gasteiger charge is 2.17. The van der Waals surface area contributed by atoms with Crippen molar-refractivity contribution in [3.63, 3.8) is 0 Å². The van der Waals surface area contributed by atoms with Gasteiger partial charge in [0.1, 0.15) is 0 Å². The third kappa shape index (κ3) is 3.84. The predicted octanol–water partition coefficient (Wildman–Crippen LogP) is 5.68. The number of hydrogen-bond acceptors (Lipinski definition) is 3. The normalized spacial score (nSPS) is 14.4. The van der Waals surface area contributed by atoms with Gasteiger partial charge in [-0.05, 0) is 43.9 Å². The summed E-state index contributed by atoms with van der Waals surface area (Å²) in [6.07, 6.45) is 2.96. The highest BCUT2D eigenvalue weighted by molar-refractivity contribution is 6.08. The molecule has 0 unspecified atom stereocenters. The minimum atomic E-state index is -0.220. The van der Waals surface area contributed by atoms with Crippen molar-refractivity contribution in [3.05, 3.63) is 101 Å². The zero-order valence-corrected chi connectivity index (χ0v) is 17.4. The van der Waals surface area contributed by atoms with Crippen LogP contribution >= 0.6 is 0 Å². The van der Waals surface area contributed by atoms with E-state index in [0.29, 0.717) is 5.56 Å². The van der Waals surface area contributed by atoms with Crippen LogP contribution in [0.2, 0.25) is 0 Å². The van der Waals surface area contributed by atoms with Crippen molar-refractivity contribution in [2.45, 2.75) is 26.2 Å². The Hall–Kier alpha value is -3.79. The highest BCUT2D eigenvalue weighted by atomic mass is 16.2. The molecule has 5 rings (SSSR count). The van der Waals surface area contributed by atoms with Crippen molar-refractivity contribution < 1.29 is 4.79 Å². The Labute approximate surface area is 181 Å². The van der Waals surface area contributed by atoms with Crippen LogP contribution < -0.4 is 5.43 Å². The summed E-state index contributed by atoms with van der Waals surface area (Å²) in [6.45, 7) is 2.05. The molecule has 1 aliphatic carbocycles. The van der Waals surface area contributed by atoms with E-state index in [0.717, 1.165) is 52.7 Å². The van der Waals surface area contributed by atoms with E-state index in [1.54, 1.807) is 0 Å². The maximum absolute atomic E-state index is 13.2. The van der Waals surface area contributed by atoms with Crippen molar-refractivity contribution >= 4 is 22.5 Å². The molecule has 0 fully saturated rings. The van der Waals surface area contributed by atoms with Crippen LogP contribution in [-0.2, 0) is 6.42 Å². The largest absolute Gasteiger partial charge is 0.272 e. The van der Waals surface area contributed by atoms with Gasteiger partial charge in [0.2, 0.25) is 0 Å². The van der Waals surface area contributed by atoms with E-state index in [2.05, 4.69) is 47.8 Å². The van der Waals surface area contributed by atoms with E-state index in [1.807, 2.05) is 48.5 Å². The molecule has 152 valence electrons. The molecule has 4 heteroatoms. The average molecular weight is 406 g/mol. The Morgan fingerprint density at radius 1 is 0.935 bits per heavy atom. The lowest BCUT2D eigenvalue weighted by Crippen LogP contribution is -2.22. The Morgan fingerprint density at radius 2 is 1.71 bits per heavy atom. The summed E-state index contributed by atoms with van der Waals surface area (Å²) in [5.41, 5.74) is 10.5. The van der Waals surface area contributed by atoms with E-state index in [1.165, 1.54) is 11.1 Å². The second-order valence-electron chi connectivity index (χ2n) is 7.95. The van der Waals surface area contributed by atoms with E-state index in [-0.39, 0.29) is 5.91 Å². The molecule has 0 radical (unpaired) electrons. The van der Waals surface area contributed by atoms with Crippen LogP contribution in [0, 0.1) is 6.92 Å². The quantitative estimate of drug-likeness (QED) is 0.446. The van der Waals surface area contributed by atoms with Gasteiger partial charge in [-0.25, -0.2) is 10.4 Å². The average Bonchev–Trinajstić information content (AvgIpc) is 2.82. The number of pyridine rings is 1. The van der Waals surface area contributed by atoms with Gasteiger partial charge in [0.25, 0.3) is 5.91 Å². The first kappa shape index (κ1) is 19.2.